The molecule has 0 fully saturated rings. The summed E-state index contributed by atoms with van der Waals surface area (Å²) in [6.45, 7) is 5.89. The van der Waals surface area contributed by atoms with E-state index in [1.54, 1.807) is 12.3 Å². The van der Waals surface area contributed by atoms with Gasteiger partial charge in [0.25, 0.3) is 0 Å². The van der Waals surface area contributed by atoms with Gasteiger partial charge in [0.1, 0.15) is 39.3 Å². The van der Waals surface area contributed by atoms with Crippen LogP contribution >= 0.6 is 0 Å². The second-order valence-corrected chi connectivity index (χ2v) is 13.0. The van der Waals surface area contributed by atoms with E-state index in [1.165, 1.54) is 24.7 Å². The zero-order valence-corrected chi connectivity index (χ0v) is 25.6. The molecule has 0 radical (unpaired) electrons. The summed E-state index contributed by atoms with van der Waals surface area (Å²) in [7, 11) is -3.23. The summed E-state index contributed by atoms with van der Waals surface area (Å²) >= 11 is 0. The van der Waals surface area contributed by atoms with Crippen molar-refractivity contribution >= 4 is 43.1 Å². The summed E-state index contributed by atoms with van der Waals surface area (Å²) in [5.41, 5.74) is 4.19. The molecule has 0 aliphatic rings. The Balaban J connectivity index is 1.28. The number of fused-ring (bicyclic) bond motifs is 2. The molecule has 3 aromatic carbocycles. The standard InChI is InChI=1S/C33H33FN6O3S/c1-4-39(5-2)30(20-44(3,41)42)32-14-13-31(43-32)23-9-11-28-27(17-23)33(36-21-35-28)38-26-10-12-29-24(16-26)18-37-40(29)19-22-7-6-8-25(34)15-22/h6-18,21,30H,4-5,19-20H2,1-3H3,(H,35,36,38)/t30-/m1/s1. The van der Waals surface area contributed by atoms with Crippen LogP contribution in [0.15, 0.2) is 89.7 Å². The molecule has 44 heavy (non-hydrogen) atoms. The van der Waals surface area contributed by atoms with Gasteiger partial charge in [-0.25, -0.2) is 22.8 Å². The van der Waals surface area contributed by atoms with E-state index < -0.39 is 9.84 Å². The Morgan fingerprint density at radius 2 is 1.84 bits per heavy atom. The van der Waals surface area contributed by atoms with Gasteiger partial charge in [0.15, 0.2) is 0 Å². The largest absolute Gasteiger partial charge is 0.459 e. The third-order valence-electron chi connectivity index (χ3n) is 7.71. The molecule has 0 unspecified atom stereocenters. The first kappa shape index (κ1) is 29.5. The number of hydrogen-bond acceptors (Lipinski definition) is 8. The molecular formula is C33H33FN6O3S. The SMILES string of the molecule is CCN(CC)[C@H](CS(C)(=O)=O)c1ccc(-c2ccc3ncnc(Nc4ccc5c(cnn5Cc5cccc(F)c5)c4)c3c2)o1. The molecule has 3 heterocycles. The van der Waals surface area contributed by atoms with Gasteiger partial charge in [0, 0.05) is 28.3 Å². The predicted molar refractivity (Wildman–Crippen MR) is 171 cm³/mol. The molecule has 0 saturated heterocycles. The number of benzene rings is 3. The number of rotatable bonds is 11. The van der Waals surface area contributed by atoms with E-state index in [9.17, 15) is 12.8 Å². The Labute approximate surface area is 255 Å². The third-order valence-corrected chi connectivity index (χ3v) is 8.64. The van der Waals surface area contributed by atoms with Crippen molar-refractivity contribution in [1.29, 1.82) is 0 Å². The molecule has 0 bridgehead atoms. The number of sulfone groups is 1. The normalized spacial score (nSPS) is 12.8. The van der Waals surface area contributed by atoms with Gasteiger partial charge in [0.2, 0.25) is 0 Å². The van der Waals surface area contributed by atoms with Crippen LogP contribution in [0.2, 0.25) is 0 Å². The molecule has 3 aromatic heterocycles. The Morgan fingerprint density at radius 1 is 1.00 bits per heavy atom. The Morgan fingerprint density at radius 3 is 2.61 bits per heavy atom. The van der Waals surface area contributed by atoms with E-state index in [0.29, 0.717) is 37.0 Å². The van der Waals surface area contributed by atoms with Gasteiger partial charge in [-0.05, 0) is 79.3 Å². The maximum absolute atomic E-state index is 13.7. The third kappa shape index (κ3) is 6.34. The minimum absolute atomic E-state index is 0.0185. The molecule has 6 rings (SSSR count). The highest BCUT2D eigenvalue weighted by atomic mass is 32.2. The second kappa shape index (κ2) is 12.2. The van der Waals surface area contributed by atoms with E-state index >= 15 is 0 Å². The van der Waals surface area contributed by atoms with Crippen molar-refractivity contribution in [2.75, 3.05) is 30.4 Å². The lowest BCUT2D eigenvalue weighted by Gasteiger charge is -2.27. The van der Waals surface area contributed by atoms with E-state index in [4.69, 9.17) is 4.42 Å². The Hall–Kier alpha value is -4.61. The van der Waals surface area contributed by atoms with Crippen LogP contribution in [0.1, 0.15) is 31.2 Å². The maximum atomic E-state index is 13.7. The van der Waals surface area contributed by atoms with Crippen molar-refractivity contribution in [3.63, 3.8) is 0 Å². The van der Waals surface area contributed by atoms with Crippen LogP contribution in [-0.4, -0.2) is 58.2 Å². The molecular weight excluding hydrogens is 579 g/mol. The summed E-state index contributed by atoms with van der Waals surface area (Å²) in [5, 5.41) is 9.68. The van der Waals surface area contributed by atoms with Crippen LogP contribution in [0.25, 0.3) is 33.1 Å². The van der Waals surface area contributed by atoms with Crippen LogP contribution in [0.5, 0.6) is 0 Å². The first-order chi connectivity index (χ1) is 21.2. The lowest BCUT2D eigenvalue weighted by molar-refractivity contribution is 0.210. The van der Waals surface area contributed by atoms with Crippen molar-refractivity contribution < 1.29 is 17.2 Å². The number of anilines is 2. The number of aromatic nitrogens is 4. The molecule has 9 nitrogen and oxygen atoms in total. The van der Waals surface area contributed by atoms with Gasteiger partial charge in [-0.3, -0.25) is 9.58 Å². The van der Waals surface area contributed by atoms with Crippen molar-refractivity contribution in [3.8, 4) is 11.3 Å². The Kier molecular flexibility index (Phi) is 8.15. The molecule has 0 spiro atoms. The van der Waals surface area contributed by atoms with Gasteiger partial charge in [0.05, 0.1) is 35.6 Å². The summed E-state index contributed by atoms with van der Waals surface area (Å²) in [5.74, 6) is 1.59. The van der Waals surface area contributed by atoms with Crippen molar-refractivity contribution in [2.45, 2.75) is 26.4 Å². The maximum Gasteiger partial charge on any atom is 0.149 e. The summed E-state index contributed by atoms with van der Waals surface area (Å²) in [6, 6.07) is 21.6. The van der Waals surface area contributed by atoms with E-state index in [1.807, 2.05) is 73.1 Å². The molecule has 226 valence electrons. The lowest BCUT2D eigenvalue weighted by Crippen LogP contribution is -2.32. The molecule has 11 heteroatoms. The number of furan rings is 1. The average molecular weight is 613 g/mol. The van der Waals surface area contributed by atoms with E-state index in [0.717, 1.165) is 38.6 Å². The fourth-order valence-corrected chi connectivity index (χ4v) is 6.50. The molecule has 6 aromatic rings. The first-order valence-electron chi connectivity index (χ1n) is 14.4. The quantitative estimate of drug-likeness (QED) is 0.175. The zero-order chi connectivity index (χ0) is 30.8. The fraction of sp³-hybridized carbons (Fsp3) is 0.242. The fourth-order valence-electron chi connectivity index (χ4n) is 5.55. The topological polar surface area (TPSA) is 106 Å². The molecule has 0 aliphatic heterocycles. The number of nitrogens with zero attached hydrogens (tertiary/aromatic N) is 5. The van der Waals surface area contributed by atoms with Gasteiger partial charge >= 0.3 is 0 Å². The summed E-state index contributed by atoms with van der Waals surface area (Å²) in [6.07, 6.45) is 4.56. The average Bonchev–Trinajstić information content (AvgIpc) is 3.64. The van der Waals surface area contributed by atoms with Gasteiger partial charge in [-0.15, -0.1) is 0 Å². The van der Waals surface area contributed by atoms with Gasteiger partial charge < -0.3 is 9.73 Å². The van der Waals surface area contributed by atoms with Crippen molar-refractivity contribution in [2.24, 2.45) is 0 Å². The van der Waals surface area contributed by atoms with Crippen LogP contribution in [0.4, 0.5) is 15.9 Å². The van der Waals surface area contributed by atoms with E-state index in [2.05, 4.69) is 25.3 Å². The van der Waals surface area contributed by atoms with Gasteiger partial charge in [-0.2, -0.15) is 5.10 Å². The minimum atomic E-state index is -3.23. The molecule has 1 atom stereocenters. The van der Waals surface area contributed by atoms with Crippen LogP contribution in [0, 0.1) is 5.82 Å². The highest BCUT2D eigenvalue weighted by molar-refractivity contribution is 7.90. The molecule has 1 N–H and O–H groups in total. The highest BCUT2D eigenvalue weighted by Crippen LogP contribution is 2.33. The van der Waals surface area contributed by atoms with Crippen molar-refractivity contribution in [1.82, 2.24) is 24.6 Å². The summed E-state index contributed by atoms with van der Waals surface area (Å²) < 4.78 is 46.2. The number of hydrogen-bond donors (Lipinski definition) is 1. The van der Waals surface area contributed by atoms with Crippen LogP contribution < -0.4 is 5.32 Å². The second-order valence-electron chi connectivity index (χ2n) is 10.8. The van der Waals surface area contributed by atoms with Crippen molar-refractivity contribution in [3.05, 3.63) is 102 Å². The zero-order valence-electron chi connectivity index (χ0n) is 24.7. The molecule has 0 saturated carbocycles. The smallest absolute Gasteiger partial charge is 0.149 e. The van der Waals surface area contributed by atoms with Gasteiger partial charge in [-0.1, -0.05) is 26.0 Å². The number of halogens is 1. The van der Waals surface area contributed by atoms with E-state index in [-0.39, 0.29) is 17.6 Å². The van der Waals surface area contributed by atoms with Crippen LogP contribution in [-0.2, 0) is 16.4 Å². The molecule has 0 aliphatic carbocycles. The predicted octanol–water partition coefficient (Wildman–Crippen LogP) is 6.60. The number of nitrogens with one attached hydrogen (secondary N) is 1. The van der Waals surface area contributed by atoms with Crippen LogP contribution in [0.3, 0.4) is 0 Å². The molecule has 0 amide bonds. The lowest BCUT2D eigenvalue weighted by atomic mass is 10.1. The Bertz CT molecular complexity index is 2050. The minimum Gasteiger partial charge on any atom is -0.459 e. The highest BCUT2D eigenvalue weighted by Gasteiger charge is 2.26. The monoisotopic (exact) mass is 612 g/mol. The summed E-state index contributed by atoms with van der Waals surface area (Å²) in [4.78, 5) is 11.0. The first-order valence-corrected chi connectivity index (χ1v) is 16.5.